The predicted octanol–water partition coefficient (Wildman–Crippen LogP) is 3.46. The average Bonchev–Trinajstić information content (AvgIpc) is 2.73. The van der Waals surface area contributed by atoms with Gasteiger partial charge in [-0.1, -0.05) is 12.1 Å². The Bertz CT molecular complexity index is 1100. The van der Waals surface area contributed by atoms with Crippen LogP contribution in [0.5, 0.6) is 5.75 Å². The van der Waals surface area contributed by atoms with Crippen LogP contribution in [-0.4, -0.2) is 20.9 Å². The lowest BCUT2D eigenvalue weighted by molar-refractivity contribution is -0.123. The summed E-state index contributed by atoms with van der Waals surface area (Å²) in [5, 5.41) is 2.64. The van der Waals surface area contributed by atoms with Gasteiger partial charge in [-0.15, -0.1) is 0 Å². The van der Waals surface area contributed by atoms with Crippen molar-refractivity contribution in [2.75, 3.05) is 11.3 Å². The van der Waals surface area contributed by atoms with Crippen molar-refractivity contribution in [3.05, 3.63) is 90.0 Å². The van der Waals surface area contributed by atoms with Gasteiger partial charge < -0.3 is 10.1 Å². The Labute approximate surface area is 172 Å². The molecule has 0 radical (unpaired) electrons. The molecule has 0 aliphatic heterocycles. The fraction of sp³-hybridized carbons (Fsp3) is 0.0952. The number of carbonyl (C=O) groups excluding carboxylic acids is 1. The lowest BCUT2D eigenvalue weighted by atomic mass is 10.2. The number of rotatable bonds is 8. The molecule has 0 unspecified atom stereocenters. The van der Waals surface area contributed by atoms with E-state index < -0.39 is 15.8 Å². The summed E-state index contributed by atoms with van der Waals surface area (Å²) < 4.78 is 58.2. The Kier molecular flexibility index (Phi) is 6.63. The number of sulfonamides is 1. The van der Waals surface area contributed by atoms with Gasteiger partial charge in [-0.25, -0.2) is 17.2 Å². The van der Waals surface area contributed by atoms with Gasteiger partial charge in [0.1, 0.15) is 17.4 Å². The fourth-order valence-electron chi connectivity index (χ4n) is 2.45. The highest BCUT2D eigenvalue weighted by atomic mass is 32.2. The summed E-state index contributed by atoms with van der Waals surface area (Å²) in [4.78, 5) is 11.9. The molecule has 6 nitrogen and oxygen atoms in total. The molecule has 9 heteroatoms. The molecule has 3 rings (SSSR count). The van der Waals surface area contributed by atoms with Crippen molar-refractivity contribution in [2.45, 2.75) is 11.4 Å². The van der Waals surface area contributed by atoms with Crippen molar-refractivity contribution in [1.82, 2.24) is 5.32 Å². The molecule has 0 fully saturated rings. The molecule has 0 saturated carbocycles. The number of halogens is 2. The van der Waals surface area contributed by atoms with Gasteiger partial charge in [-0.2, -0.15) is 0 Å². The number of amides is 1. The first-order valence-corrected chi connectivity index (χ1v) is 10.3. The van der Waals surface area contributed by atoms with Crippen molar-refractivity contribution >= 4 is 21.6 Å². The lowest BCUT2D eigenvalue weighted by Gasteiger charge is -2.10. The van der Waals surface area contributed by atoms with Crippen LogP contribution in [-0.2, 0) is 21.4 Å². The maximum absolute atomic E-state index is 12.9. The van der Waals surface area contributed by atoms with E-state index in [9.17, 15) is 22.0 Å². The zero-order chi connectivity index (χ0) is 21.6. The van der Waals surface area contributed by atoms with Crippen molar-refractivity contribution in [2.24, 2.45) is 0 Å². The SMILES string of the molecule is O=C(COc1ccc(S(=O)(=O)Nc2ccc(F)cc2)cc1)NCc1ccc(F)cc1. The lowest BCUT2D eigenvalue weighted by Crippen LogP contribution is -2.28. The maximum atomic E-state index is 12.9. The van der Waals surface area contributed by atoms with E-state index in [1.807, 2.05) is 0 Å². The smallest absolute Gasteiger partial charge is 0.261 e. The Morgan fingerprint density at radius 2 is 1.40 bits per heavy atom. The quantitative estimate of drug-likeness (QED) is 0.571. The minimum Gasteiger partial charge on any atom is -0.484 e. The number of hydrogen-bond donors (Lipinski definition) is 2. The van der Waals surface area contributed by atoms with Crippen molar-refractivity contribution in [3.8, 4) is 5.75 Å². The molecule has 0 saturated heterocycles. The maximum Gasteiger partial charge on any atom is 0.261 e. The Balaban J connectivity index is 1.51. The number of nitrogens with one attached hydrogen (secondary N) is 2. The van der Waals surface area contributed by atoms with Crippen LogP contribution >= 0.6 is 0 Å². The van der Waals surface area contributed by atoms with Gasteiger partial charge in [0.25, 0.3) is 15.9 Å². The summed E-state index contributed by atoms with van der Waals surface area (Å²) in [6.07, 6.45) is 0. The van der Waals surface area contributed by atoms with Gasteiger partial charge in [0.05, 0.1) is 4.90 Å². The molecule has 30 heavy (non-hydrogen) atoms. The molecule has 156 valence electrons. The van der Waals surface area contributed by atoms with E-state index in [0.29, 0.717) is 5.75 Å². The molecule has 3 aromatic carbocycles. The predicted molar refractivity (Wildman–Crippen MR) is 107 cm³/mol. The van der Waals surface area contributed by atoms with Crippen LogP contribution in [0.2, 0.25) is 0 Å². The van der Waals surface area contributed by atoms with Gasteiger partial charge in [0.15, 0.2) is 6.61 Å². The van der Waals surface area contributed by atoms with Gasteiger partial charge in [-0.05, 0) is 66.2 Å². The van der Waals surface area contributed by atoms with Gasteiger partial charge in [-0.3, -0.25) is 9.52 Å². The van der Waals surface area contributed by atoms with Crippen molar-refractivity contribution in [1.29, 1.82) is 0 Å². The van der Waals surface area contributed by atoms with Crippen LogP contribution in [0.1, 0.15) is 5.56 Å². The van der Waals surface area contributed by atoms with E-state index in [2.05, 4.69) is 10.0 Å². The topological polar surface area (TPSA) is 84.5 Å². The van der Waals surface area contributed by atoms with Gasteiger partial charge in [0, 0.05) is 12.2 Å². The van der Waals surface area contributed by atoms with E-state index >= 15 is 0 Å². The fourth-order valence-corrected chi connectivity index (χ4v) is 3.51. The molecule has 0 aliphatic carbocycles. The third-order valence-corrected chi connectivity index (χ3v) is 5.40. The normalized spacial score (nSPS) is 11.0. The van der Waals surface area contributed by atoms with Crippen LogP contribution in [0.3, 0.4) is 0 Å². The van der Waals surface area contributed by atoms with E-state index in [0.717, 1.165) is 17.7 Å². The average molecular weight is 432 g/mol. The molecule has 2 N–H and O–H groups in total. The van der Waals surface area contributed by atoms with Crippen molar-refractivity contribution < 1.29 is 26.7 Å². The molecule has 0 aliphatic rings. The minimum absolute atomic E-state index is 0.0139. The van der Waals surface area contributed by atoms with Crippen LogP contribution in [0, 0.1) is 11.6 Å². The molecule has 0 aromatic heterocycles. The first-order valence-electron chi connectivity index (χ1n) is 8.84. The summed E-state index contributed by atoms with van der Waals surface area (Å²) in [5.74, 6) is -0.894. The first-order chi connectivity index (χ1) is 14.3. The minimum atomic E-state index is -3.85. The Morgan fingerprint density at radius 3 is 2.00 bits per heavy atom. The Morgan fingerprint density at radius 1 is 0.833 bits per heavy atom. The molecule has 0 atom stereocenters. The zero-order valence-corrected chi connectivity index (χ0v) is 16.5. The Hall–Kier alpha value is -3.46. The van der Waals surface area contributed by atoms with E-state index in [1.165, 1.54) is 48.5 Å². The molecule has 0 heterocycles. The third kappa shape index (κ3) is 6.02. The molecular weight excluding hydrogens is 414 g/mol. The van der Waals surface area contributed by atoms with E-state index in [-0.39, 0.29) is 35.5 Å². The highest BCUT2D eigenvalue weighted by Gasteiger charge is 2.14. The van der Waals surface area contributed by atoms with E-state index in [1.54, 1.807) is 12.1 Å². The monoisotopic (exact) mass is 432 g/mol. The number of carbonyl (C=O) groups is 1. The molecule has 0 bridgehead atoms. The molecule has 0 spiro atoms. The third-order valence-electron chi connectivity index (χ3n) is 4.00. The standard InChI is InChI=1S/C21H18F2N2O4S/c22-16-3-1-15(2-4-16)13-24-21(26)14-29-19-9-11-20(12-10-19)30(27,28)25-18-7-5-17(23)6-8-18/h1-12,25H,13-14H2,(H,24,26). The van der Waals surface area contributed by atoms with Gasteiger partial charge >= 0.3 is 0 Å². The highest BCUT2D eigenvalue weighted by Crippen LogP contribution is 2.19. The molecule has 3 aromatic rings. The summed E-state index contributed by atoms with van der Waals surface area (Å²) >= 11 is 0. The number of ether oxygens (including phenoxy) is 1. The van der Waals surface area contributed by atoms with Crippen LogP contribution < -0.4 is 14.8 Å². The van der Waals surface area contributed by atoms with Crippen LogP contribution in [0.15, 0.2) is 77.7 Å². The zero-order valence-electron chi connectivity index (χ0n) is 15.6. The number of anilines is 1. The largest absolute Gasteiger partial charge is 0.484 e. The second kappa shape index (κ2) is 9.36. The van der Waals surface area contributed by atoms with Crippen LogP contribution in [0.25, 0.3) is 0 Å². The number of hydrogen-bond acceptors (Lipinski definition) is 4. The summed E-state index contributed by atoms with van der Waals surface area (Å²) in [5.41, 5.74) is 0.975. The molecule has 1 amide bonds. The summed E-state index contributed by atoms with van der Waals surface area (Å²) in [6.45, 7) is -0.0319. The first kappa shape index (κ1) is 21.3. The highest BCUT2D eigenvalue weighted by molar-refractivity contribution is 7.92. The molecular formula is C21H18F2N2O4S. The second-order valence-corrected chi connectivity index (χ2v) is 7.96. The second-order valence-electron chi connectivity index (χ2n) is 6.28. The van der Waals surface area contributed by atoms with Crippen LogP contribution in [0.4, 0.5) is 14.5 Å². The number of benzene rings is 3. The van der Waals surface area contributed by atoms with Gasteiger partial charge in [0.2, 0.25) is 0 Å². The van der Waals surface area contributed by atoms with Crippen molar-refractivity contribution in [3.63, 3.8) is 0 Å². The summed E-state index contributed by atoms with van der Waals surface area (Å²) in [6, 6.07) is 16.2. The summed E-state index contributed by atoms with van der Waals surface area (Å²) in [7, 11) is -3.85. The van der Waals surface area contributed by atoms with E-state index in [4.69, 9.17) is 4.74 Å².